The highest BCUT2D eigenvalue weighted by Gasteiger charge is 2.24. The number of hydrogen-bond donors (Lipinski definition) is 0. The van der Waals surface area contributed by atoms with Gasteiger partial charge in [0.1, 0.15) is 0 Å². The molecule has 0 aliphatic carbocycles. The minimum atomic E-state index is -0.473. The van der Waals surface area contributed by atoms with Crippen LogP contribution in [0.3, 0.4) is 0 Å². The minimum Gasteiger partial charge on any atom is -0.452 e. The summed E-state index contributed by atoms with van der Waals surface area (Å²) in [6.45, 7) is 6.20. The predicted octanol–water partition coefficient (Wildman–Crippen LogP) is 3.41. The van der Waals surface area contributed by atoms with Crippen molar-refractivity contribution < 1.29 is 14.3 Å². The Morgan fingerprint density at radius 2 is 2.09 bits per heavy atom. The number of hydrogen-bond acceptors (Lipinski definition) is 4. The first kappa shape index (κ1) is 16.6. The number of para-hydroxylation sites is 1. The zero-order valence-electron chi connectivity index (χ0n) is 13.2. The molecular weight excluding hydrogens is 298 g/mol. The molecule has 1 atom stereocenters. The predicted molar refractivity (Wildman–Crippen MR) is 89.1 cm³/mol. The van der Waals surface area contributed by atoms with Crippen molar-refractivity contribution in [2.45, 2.75) is 37.3 Å². The van der Waals surface area contributed by atoms with Crippen LogP contribution in [0.25, 0.3) is 0 Å². The van der Waals surface area contributed by atoms with Gasteiger partial charge in [0, 0.05) is 22.8 Å². The van der Waals surface area contributed by atoms with Crippen LogP contribution < -0.4 is 4.90 Å². The number of rotatable bonds is 3. The molecule has 0 spiro atoms. The lowest BCUT2D eigenvalue weighted by atomic mass is 10.2. The highest BCUT2D eigenvalue weighted by molar-refractivity contribution is 8.00. The van der Waals surface area contributed by atoms with Gasteiger partial charge >= 0.3 is 5.97 Å². The fourth-order valence-electron chi connectivity index (χ4n) is 2.23. The van der Waals surface area contributed by atoms with Gasteiger partial charge in [0.25, 0.3) is 5.91 Å². The van der Waals surface area contributed by atoms with Gasteiger partial charge in [-0.3, -0.25) is 4.79 Å². The summed E-state index contributed by atoms with van der Waals surface area (Å²) in [5.41, 5.74) is 1.75. The van der Waals surface area contributed by atoms with Gasteiger partial charge in [-0.2, -0.15) is 0 Å². The second-order valence-electron chi connectivity index (χ2n) is 5.56. The zero-order valence-corrected chi connectivity index (χ0v) is 14.0. The summed E-state index contributed by atoms with van der Waals surface area (Å²) in [4.78, 5) is 26.8. The van der Waals surface area contributed by atoms with E-state index >= 15 is 0 Å². The van der Waals surface area contributed by atoms with Crippen LogP contribution in [0.5, 0.6) is 0 Å². The smallest absolute Gasteiger partial charge is 0.331 e. The summed E-state index contributed by atoms with van der Waals surface area (Å²) in [7, 11) is 0. The van der Waals surface area contributed by atoms with Crippen molar-refractivity contribution in [2.75, 3.05) is 18.1 Å². The van der Waals surface area contributed by atoms with E-state index in [-0.39, 0.29) is 12.5 Å². The third-order valence-electron chi connectivity index (χ3n) is 3.29. The lowest BCUT2D eigenvalue weighted by molar-refractivity contribution is -0.143. The van der Waals surface area contributed by atoms with E-state index in [1.807, 2.05) is 38.1 Å². The second kappa shape index (κ2) is 7.49. The number of anilines is 1. The number of nitrogens with zero attached hydrogens (tertiary/aromatic N) is 1. The summed E-state index contributed by atoms with van der Waals surface area (Å²) in [5, 5.41) is 0.451. The zero-order chi connectivity index (χ0) is 16.1. The lowest BCUT2D eigenvalue weighted by Gasteiger charge is -2.22. The van der Waals surface area contributed by atoms with E-state index in [0.29, 0.717) is 11.8 Å². The number of esters is 1. The van der Waals surface area contributed by atoms with Crippen LogP contribution >= 0.6 is 11.8 Å². The monoisotopic (exact) mass is 319 g/mol. The molecule has 118 valence electrons. The normalized spacial score (nSPS) is 17.2. The molecule has 0 saturated heterocycles. The highest BCUT2D eigenvalue weighted by atomic mass is 32.2. The molecule has 1 amide bonds. The first-order valence-electron chi connectivity index (χ1n) is 7.35. The van der Waals surface area contributed by atoms with Gasteiger partial charge in [-0.05, 0) is 32.4 Å². The van der Waals surface area contributed by atoms with Crippen molar-refractivity contribution in [3.8, 4) is 0 Å². The molecule has 0 radical (unpaired) electrons. The first-order valence-corrected chi connectivity index (χ1v) is 8.23. The number of fused-ring (bicyclic) bond motifs is 1. The van der Waals surface area contributed by atoms with E-state index in [1.54, 1.807) is 16.7 Å². The van der Waals surface area contributed by atoms with E-state index in [2.05, 4.69) is 6.92 Å². The molecule has 4 nitrogen and oxygen atoms in total. The van der Waals surface area contributed by atoms with Crippen molar-refractivity contribution in [1.29, 1.82) is 0 Å². The van der Waals surface area contributed by atoms with Crippen molar-refractivity contribution in [3.05, 3.63) is 35.9 Å². The molecule has 22 heavy (non-hydrogen) atoms. The van der Waals surface area contributed by atoms with Crippen LogP contribution in [0.15, 0.2) is 40.8 Å². The van der Waals surface area contributed by atoms with E-state index in [0.717, 1.165) is 22.6 Å². The number of carbonyl (C=O) groups excluding carboxylic acids is 2. The molecule has 2 rings (SSSR count). The van der Waals surface area contributed by atoms with E-state index in [9.17, 15) is 9.59 Å². The van der Waals surface area contributed by atoms with Crippen molar-refractivity contribution in [1.82, 2.24) is 0 Å². The molecule has 0 aromatic heterocycles. The molecule has 0 fully saturated rings. The van der Waals surface area contributed by atoms with E-state index in [4.69, 9.17) is 4.74 Å². The third kappa shape index (κ3) is 4.37. The largest absolute Gasteiger partial charge is 0.452 e. The number of amides is 1. The summed E-state index contributed by atoms with van der Waals surface area (Å²) >= 11 is 1.78. The Bertz CT molecular complexity index is 593. The Hall–Kier alpha value is -1.75. The maximum Gasteiger partial charge on any atom is 0.331 e. The van der Waals surface area contributed by atoms with Gasteiger partial charge in [-0.1, -0.05) is 24.6 Å². The van der Waals surface area contributed by atoms with E-state index < -0.39 is 5.97 Å². The maximum absolute atomic E-state index is 12.4. The fourth-order valence-corrected chi connectivity index (χ4v) is 3.35. The maximum atomic E-state index is 12.4. The third-order valence-corrected chi connectivity index (χ3v) is 4.53. The molecule has 1 heterocycles. The molecule has 5 heteroatoms. The van der Waals surface area contributed by atoms with Gasteiger partial charge in [0.2, 0.25) is 0 Å². The summed E-state index contributed by atoms with van der Waals surface area (Å²) in [6, 6.07) is 7.86. The summed E-state index contributed by atoms with van der Waals surface area (Å²) in [5.74, 6) is -0.656. The highest BCUT2D eigenvalue weighted by Crippen LogP contribution is 2.37. The average molecular weight is 319 g/mol. The molecule has 1 unspecified atom stereocenters. The fraction of sp³-hybridized carbons (Fsp3) is 0.412. The lowest BCUT2D eigenvalue weighted by Crippen LogP contribution is -2.35. The van der Waals surface area contributed by atoms with Crippen molar-refractivity contribution >= 4 is 29.3 Å². The molecule has 1 aromatic rings. The van der Waals surface area contributed by atoms with Crippen LogP contribution in [-0.2, 0) is 14.3 Å². The standard InChI is InChI=1S/C17H21NO3S/c1-12(2)10-17(20)21-11-16(19)18-9-8-13(3)22-15-7-5-4-6-14(15)18/h4-7,10,13H,8-9,11H2,1-3H3. The Balaban J connectivity index is 2.09. The number of thioether (sulfide) groups is 1. The van der Waals surface area contributed by atoms with Gasteiger partial charge in [-0.15, -0.1) is 11.8 Å². The Morgan fingerprint density at radius 3 is 2.82 bits per heavy atom. The van der Waals surface area contributed by atoms with Crippen molar-refractivity contribution in [3.63, 3.8) is 0 Å². The number of ether oxygens (including phenoxy) is 1. The Morgan fingerprint density at radius 1 is 1.36 bits per heavy atom. The van der Waals surface area contributed by atoms with Crippen LogP contribution in [0.4, 0.5) is 5.69 Å². The Labute approximate surface area is 135 Å². The first-order chi connectivity index (χ1) is 10.5. The molecule has 0 bridgehead atoms. The molecule has 1 aromatic carbocycles. The second-order valence-corrected chi connectivity index (χ2v) is 7.04. The van der Waals surface area contributed by atoms with E-state index in [1.165, 1.54) is 6.08 Å². The van der Waals surface area contributed by atoms with Crippen LogP contribution in [-0.4, -0.2) is 30.3 Å². The van der Waals surface area contributed by atoms with Crippen LogP contribution in [0.2, 0.25) is 0 Å². The number of allylic oxidation sites excluding steroid dienone is 1. The molecule has 0 saturated carbocycles. The average Bonchev–Trinajstić information content (AvgIpc) is 2.62. The molecule has 1 aliphatic heterocycles. The van der Waals surface area contributed by atoms with Gasteiger partial charge in [0.15, 0.2) is 6.61 Å². The van der Waals surface area contributed by atoms with Crippen LogP contribution in [0, 0.1) is 0 Å². The summed E-state index contributed by atoms with van der Waals surface area (Å²) < 4.78 is 5.04. The Kier molecular flexibility index (Phi) is 5.66. The minimum absolute atomic E-state index is 0.183. The summed E-state index contributed by atoms with van der Waals surface area (Å²) in [6.07, 6.45) is 2.30. The quantitative estimate of drug-likeness (QED) is 0.633. The topological polar surface area (TPSA) is 46.6 Å². The van der Waals surface area contributed by atoms with Crippen molar-refractivity contribution in [2.24, 2.45) is 0 Å². The van der Waals surface area contributed by atoms with Gasteiger partial charge in [-0.25, -0.2) is 4.79 Å². The molecule has 0 N–H and O–H groups in total. The molecule has 1 aliphatic rings. The number of benzene rings is 1. The molecular formula is C17H21NO3S. The van der Waals surface area contributed by atoms with Crippen LogP contribution in [0.1, 0.15) is 27.2 Å². The van der Waals surface area contributed by atoms with Gasteiger partial charge in [0.05, 0.1) is 5.69 Å². The SMILES string of the molecule is CC(C)=CC(=O)OCC(=O)N1CCC(C)Sc2ccccc21. The van der Waals surface area contributed by atoms with Gasteiger partial charge < -0.3 is 9.64 Å². The number of carbonyl (C=O) groups is 2.